The number of carbonyl (C=O) groups excluding carboxylic acids is 2. The Bertz CT molecular complexity index is 972. The SMILES string of the molecule is Cc1ccc(NC(=O)CN(C)CC(=O)Nc2cccc(S(=O)(=O)N(C)C)c2)cc1. The molecule has 0 aromatic heterocycles. The highest BCUT2D eigenvalue weighted by Crippen LogP contribution is 2.18. The van der Waals surface area contributed by atoms with Crippen LogP contribution in [0.5, 0.6) is 0 Å². The monoisotopic (exact) mass is 418 g/mol. The zero-order valence-corrected chi connectivity index (χ0v) is 17.8. The maximum absolute atomic E-state index is 12.3. The van der Waals surface area contributed by atoms with Crippen molar-refractivity contribution in [3.8, 4) is 0 Å². The van der Waals surface area contributed by atoms with Gasteiger partial charge in [0.05, 0.1) is 18.0 Å². The molecule has 29 heavy (non-hydrogen) atoms. The number of hydrogen-bond acceptors (Lipinski definition) is 5. The lowest BCUT2D eigenvalue weighted by atomic mass is 10.2. The van der Waals surface area contributed by atoms with E-state index in [2.05, 4.69) is 10.6 Å². The number of aryl methyl sites for hydroxylation is 1. The third-order valence-electron chi connectivity index (χ3n) is 4.06. The molecule has 156 valence electrons. The summed E-state index contributed by atoms with van der Waals surface area (Å²) < 4.78 is 25.5. The van der Waals surface area contributed by atoms with Crippen molar-refractivity contribution < 1.29 is 18.0 Å². The van der Waals surface area contributed by atoms with Crippen LogP contribution in [-0.4, -0.2) is 63.7 Å². The first kappa shape index (κ1) is 22.5. The molecule has 2 aromatic rings. The van der Waals surface area contributed by atoms with Gasteiger partial charge in [-0.1, -0.05) is 23.8 Å². The molecule has 2 aromatic carbocycles. The van der Waals surface area contributed by atoms with Crippen molar-refractivity contribution in [1.29, 1.82) is 0 Å². The Morgan fingerprint density at radius 2 is 1.41 bits per heavy atom. The van der Waals surface area contributed by atoms with Gasteiger partial charge in [-0.05, 0) is 44.3 Å². The summed E-state index contributed by atoms with van der Waals surface area (Å²) in [5.41, 5.74) is 2.16. The Balaban J connectivity index is 1.90. The van der Waals surface area contributed by atoms with Gasteiger partial charge in [-0.2, -0.15) is 0 Å². The topological polar surface area (TPSA) is 98.8 Å². The van der Waals surface area contributed by atoms with Crippen LogP contribution in [-0.2, 0) is 19.6 Å². The zero-order valence-electron chi connectivity index (χ0n) is 17.0. The van der Waals surface area contributed by atoms with E-state index in [4.69, 9.17) is 0 Å². The minimum absolute atomic E-state index is 0.0218. The van der Waals surface area contributed by atoms with Crippen molar-refractivity contribution in [2.24, 2.45) is 0 Å². The molecule has 0 fully saturated rings. The first-order valence-corrected chi connectivity index (χ1v) is 10.4. The lowest BCUT2D eigenvalue weighted by Gasteiger charge is -2.17. The molecule has 0 atom stereocenters. The number of carbonyl (C=O) groups is 2. The van der Waals surface area contributed by atoms with E-state index >= 15 is 0 Å². The first-order chi connectivity index (χ1) is 13.6. The van der Waals surface area contributed by atoms with Gasteiger partial charge in [0.25, 0.3) is 0 Å². The molecule has 0 spiro atoms. The van der Waals surface area contributed by atoms with Gasteiger partial charge < -0.3 is 10.6 Å². The Labute approximate surface area is 171 Å². The van der Waals surface area contributed by atoms with Gasteiger partial charge >= 0.3 is 0 Å². The molecule has 8 nitrogen and oxygen atoms in total. The van der Waals surface area contributed by atoms with Crippen LogP contribution in [0.15, 0.2) is 53.4 Å². The quantitative estimate of drug-likeness (QED) is 0.681. The lowest BCUT2D eigenvalue weighted by Crippen LogP contribution is -2.36. The average Bonchev–Trinajstić information content (AvgIpc) is 2.63. The number of nitrogens with zero attached hydrogens (tertiary/aromatic N) is 2. The number of rotatable bonds is 8. The number of hydrogen-bond donors (Lipinski definition) is 2. The van der Waals surface area contributed by atoms with Crippen molar-refractivity contribution in [2.45, 2.75) is 11.8 Å². The van der Waals surface area contributed by atoms with Crippen LogP contribution in [0.3, 0.4) is 0 Å². The zero-order chi connectivity index (χ0) is 21.6. The van der Waals surface area contributed by atoms with E-state index in [1.54, 1.807) is 24.1 Å². The van der Waals surface area contributed by atoms with Crippen LogP contribution < -0.4 is 10.6 Å². The minimum Gasteiger partial charge on any atom is -0.325 e. The summed E-state index contributed by atoms with van der Waals surface area (Å²) in [6, 6.07) is 13.5. The fraction of sp³-hybridized carbons (Fsp3) is 0.300. The van der Waals surface area contributed by atoms with Gasteiger partial charge in [-0.25, -0.2) is 12.7 Å². The number of nitrogens with one attached hydrogen (secondary N) is 2. The number of likely N-dealkylation sites (N-methyl/N-ethyl adjacent to an activating group) is 1. The Hall–Kier alpha value is -2.75. The summed E-state index contributed by atoms with van der Waals surface area (Å²) in [7, 11) is 0.949. The van der Waals surface area contributed by atoms with Gasteiger partial charge in [-0.15, -0.1) is 0 Å². The maximum Gasteiger partial charge on any atom is 0.242 e. The van der Waals surface area contributed by atoms with Crippen LogP contribution in [0.25, 0.3) is 0 Å². The summed E-state index contributed by atoms with van der Waals surface area (Å²) in [6.45, 7) is 1.98. The predicted octanol–water partition coefficient (Wildman–Crippen LogP) is 1.75. The third-order valence-corrected chi connectivity index (χ3v) is 5.87. The largest absolute Gasteiger partial charge is 0.325 e. The van der Waals surface area contributed by atoms with Gasteiger partial charge in [0.15, 0.2) is 0 Å². The number of amides is 2. The fourth-order valence-electron chi connectivity index (χ4n) is 2.53. The highest BCUT2D eigenvalue weighted by molar-refractivity contribution is 7.89. The average molecular weight is 419 g/mol. The van der Waals surface area contributed by atoms with Crippen molar-refractivity contribution >= 4 is 33.2 Å². The second-order valence-corrected chi connectivity index (χ2v) is 9.10. The number of anilines is 2. The molecule has 0 aliphatic heterocycles. The van der Waals surface area contributed by atoms with Crippen LogP contribution in [0.2, 0.25) is 0 Å². The van der Waals surface area contributed by atoms with Crippen molar-refractivity contribution in [2.75, 3.05) is 44.9 Å². The molecule has 0 aliphatic rings. The molecule has 0 radical (unpaired) electrons. The van der Waals surface area contributed by atoms with Crippen LogP contribution in [0.1, 0.15) is 5.56 Å². The molecule has 0 heterocycles. The normalized spacial score (nSPS) is 11.5. The Morgan fingerprint density at radius 3 is 1.97 bits per heavy atom. The number of benzene rings is 2. The summed E-state index contributed by atoms with van der Waals surface area (Å²) in [5, 5.41) is 5.43. The van der Waals surface area contributed by atoms with E-state index in [-0.39, 0.29) is 29.8 Å². The van der Waals surface area contributed by atoms with Crippen molar-refractivity contribution in [3.05, 3.63) is 54.1 Å². The standard InChI is InChI=1S/C20H26N4O4S/c1-15-8-10-16(11-9-15)21-19(25)13-24(4)14-20(26)22-17-6-5-7-18(12-17)29(27,28)23(2)3/h5-12H,13-14H2,1-4H3,(H,21,25)(H,22,26). The summed E-state index contributed by atoms with van der Waals surface area (Å²) in [6.07, 6.45) is 0. The molecule has 2 N–H and O–H groups in total. The van der Waals surface area contributed by atoms with Gasteiger partial charge in [0.2, 0.25) is 21.8 Å². The number of sulfonamides is 1. The van der Waals surface area contributed by atoms with Gasteiger partial charge in [0, 0.05) is 25.5 Å². The molecule has 0 unspecified atom stereocenters. The van der Waals surface area contributed by atoms with E-state index < -0.39 is 10.0 Å². The highest BCUT2D eigenvalue weighted by atomic mass is 32.2. The summed E-state index contributed by atoms with van der Waals surface area (Å²) in [4.78, 5) is 26.0. The smallest absolute Gasteiger partial charge is 0.242 e. The first-order valence-electron chi connectivity index (χ1n) is 8.95. The third kappa shape index (κ3) is 6.67. The predicted molar refractivity (Wildman–Crippen MR) is 113 cm³/mol. The van der Waals surface area contributed by atoms with Crippen LogP contribution in [0.4, 0.5) is 11.4 Å². The lowest BCUT2D eigenvalue weighted by molar-refractivity contribution is -0.119. The second kappa shape index (κ2) is 9.64. The summed E-state index contributed by atoms with van der Waals surface area (Å²) >= 11 is 0. The molecule has 2 amide bonds. The Morgan fingerprint density at radius 1 is 0.862 bits per heavy atom. The van der Waals surface area contributed by atoms with Crippen molar-refractivity contribution in [3.63, 3.8) is 0 Å². The van der Waals surface area contributed by atoms with E-state index in [9.17, 15) is 18.0 Å². The highest BCUT2D eigenvalue weighted by Gasteiger charge is 2.18. The van der Waals surface area contributed by atoms with E-state index in [1.165, 1.54) is 26.2 Å². The Kier molecular flexibility index (Phi) is 7.49. The molecular weight excluding hydrogens is 392 g/mol. The van der Waals surface area contributed by atoms with Gasteiger partial charge in [0.1, 0.15) is 0 Å². The molecular formula is C20H26N4O4S. The molecule has 0 saturated carbocycles. The van der Waals surface area contributed by atoms with Gasteiger partial charge in [-0.3, -0.25) is 14.5 Å². The molecule has 2 rings (SSSR count). The molecule has 0 saturated heterocycles. The minimum atomic E-state index is -3.59. The fourth-order valence-corrected chi connectivity index (χ4v) is 3.48. The molecule has 9 heteroatoms. The van der Waals surface area contributed by atoms with E-state index in [1.807, 2.05) is 31.2 Å². The molecule has 0 aliphatic carbocycles. The summed E-state index contributed by atoms with van der Waals surface area (Å²) in [5.74, 6) is -0.585. The van der Waals surface area contributed by atoms with E-state index in [0.717, 1.165) is 9.87 Å². The van der Waals surface area contributed by atoms with Crippen LogP contribution in [0, 0.1) is 6.92 Å². The molecule has 0 bridgehead atoms. The van der Waals surface area contributed by atoms with Crippen LogP contribution >= 0.6 is 0 Å². The second-order valence-electron chi connectivity index (χ2n) is 6.95. The van der Waals surface area contributed by atoms with E-state index in [0.29, 0.717) is 11.4 Å². The maximum atomic E-state index is 12.3. The van der Waals surface area contributed by atoms with Crippen molar-refractivity contribution in [1.82, 2.24) is 9.21 Å².